The molecule has 2 aromatic carbocycles. The van der Waals surface area contributed by atoms with Gasteiger partial charge in [-0.05, 0) is 41.8 Å². The summed E-state index contributed by atoms with van der Waals surface area (Å²) in [5, 5.41) is 20.1. The fourth-order valence-corrected chi connectivity index (χ4v) is 3.32. The minimum atomic E-state index is -0.172. The molecule has 0 spiro atoms. The molecule has 1 fully saturated rings. The summed E-state index contributed by atoms with van der Waals surface area (Å²) in [6.07, 6.45) is 1.32. The number of carbonyl (C=O) groups excluding carboxylic acids is 1. The molecular formula is C19H22N3O4-. The maximum atomic E-state index is 12.1. The van der Waals surface area contributed by atoms with Crippen molar-refractivity contribution in [1.82, 2.24) is 4.90 Å². The Morgan fingerprint density at radius 2 is 2.15 bits per heavy atom. The van der Waals surface area contributed by atoms with Gasteiger partial charge < -0.3 is 25.8 Å². The van der Waals surface area contributed by atoms with Gasteiger partial charge in [-0.2, -0.15) is 0 Å². The first kappa shape index (κ1) is 18.2. The lowest BCUT2D eigenvalue weighted by Crippen LogP contribution is -2.37. The number of carbonyl (C=O) groups is 1. The standard InChI is InChI=1S/C19H22N3O4/c1-26-18-7-5-13(12-21-16(11-20)6-8-19(21)23)9-17(18)14-3-2-4-15(10-14)22(24)25/h2-5,7,9-10,16,24H,6,8,11-12,20H2,1H3/q-1. The van der Waals surface area contributed by atoms with Crippen LogP contribution in [-0.4, -0.2) is 35.7 Å². The van der Waals surface area contributed by atoms with Crippen LogP contribution >= 0.6 is 0 Å². The van der Waals surface area contributed by atoms with Crippen LogP contribution in [0.2, 0.25) is 0 Å². The van der Waals surface area contributed by atoms with Crippen LogP contribution in [0.25, 0.3) is 11.1 Å². The summed E-state index contributed by atoms with van der Waals surface area (Å²) < 4.78 is 5.43. The lowest BCUT2D eigenvalue weighted by atomic mass is 10.0. The first-order valence-electron chi connectivity index (χ1n) is 8.46. The molecule has 0 saturated carbocycles. The van der Waals surface area contributed by atoms with Gasteiger partial charge in [0, 0.05) is 31.1 Å². The molecule has 0 aromatic heterocycles. The van der Waals surface area contributed by atoms with E-state index >= 15 is 0 Å². The van der Waals surface area contributed by atoms with Crippen molar-refractivity contribution in [3.05, 3.63) is 53.2 Å². The van der Waals surface area contributed by atoms with E-state index < -0.39 is 0 Å². The second kappa shape index (κ2) is 7.74. The molecule has 1 unspecified atom stereocenters. The minimum Gasteiger partial charge on any atom is -0.733 e. The molecule has 1 amide bonds. The molecule has 0 radical (unpaired) electrons. The van der Waals surface area contributed by atoms with Gasteiger partial charge in [-0.3, -0.25) is 10.0 Å². The lowest BCUT2D eigenvalue weighted by molar-refractivity contribution is -0.129. The maximum absolute atomic E-state index is 12.1. The predicted molar refractivity (Wildman–Crippen MR) is 98.7 cm³/mol. The van der Waals surface area contributed by atoms with Gasteiger partial charge in [0.25, 0.3) is 0 Å². The van der Waals surface area contributed by atoms with Gasteiger partial charge in [0.2, 0.25) is 5.91 Å². The van der Waals surface area contributed by atoms with Crippen molar-refractivity contribution in [3.8, 4) is 16.9 Å². The zero-order valence-electron chi connectivity index (χ0n) is 14.6. The molecule has 3 rings (SSSR count). The molecule has 138 valence electrons. The summed E-state index contributed by atoms with van der Waals surface area (Å²) in [6, 6.07) is 12.4. The molecule has 1 aliphatic rings. The summed E-state index contributed by atoms with van der Waals surface area (Å²) >= 11 is 0. The van der Waals surface area contributed by atoms with Crippen molar-refractivity contribution in [2.45, 2.75) is 25.4 Å². The summed E-state index contributed by atoms with van der Waals surface area (Å²) in [6.45, 7) is 0.928. The maximum Gasteiger partial charge on any atom is 0.223 e. The summed E-state index contributed by atoms with van der Waals surface area (Å²) in [5.74, 6) is 0.756. The number of nitrogens with two attached hydrogens (primary N) is 1. The van der Waals surface area contributed by atoms with Crippen molar-refractivity contribution in [2.24, 2.45) is 5.73 Å². The predicted octanol–water partition coefficient (Wildman–Crippen LogP) is 2.51. The Labute approximate surface area is 152 Å². The highest BCUT2D eigenvalue weighted by Crippen LogP contribution is 2.33. The molecule has 0 aliphatic carbocycles. The highest BCUT2D eigenvalue weighted by molar-refractivity contribution is 5.79. The average molecular weight is 356 g/mol. The van der Waals surface area contributed by atoms with Gasteiger partial charge in [0.15, 0.2) is 0 Å². The third-order valence-corrected chi connectivity index (χ3v) is 4.72. The van der Waals surface area contributed by atoms with E-state index in [-0.39, 0.29) is 22.9 Å². The lowest BCUT2D eigenvalue weighted by Gasteiger charge is -2.24. The molecule has 1 saturated heterocycles. The molecule has 26 heavy (non-hydrogen) atoms. The van der Waals surface area contributed by atoms with E-state index in [9.17, 15) is 10.0 Å². The molecule has 7 heteroatoms. The van der Waals surface area contributed by atoms with Crippen molar-refractivity contribution >= 4 is 11.6 Å². The minimum absolute atomic E-state index is 0.0692. The number of ether oxygens (including phenoxy) is 1. The first-order chi connectivity index (χ1) is 12.5. The van der Waals surface area contributed by atoms with Gasteiger partial charge in [0.1, 0.15) is 5.75 Å². The second-order valence-corrected chi connectivity index (χ2v) is 6.31. The second-order valence-electron chi connectivity index (χ2n) is 6.31. The van der Waals surface area contributed by atoms with Gasteiger partial charge in [-0.1, -0.05) is 18.2 Å². The zero-order chi connectivity index (χ0) is 18.7. The molecule has 2 aromatic rings. The topological polar surface area (TPSA) is 102 Å². The fraction of sp³-hybridized carbons (Fsp3) is 0.316. The number of likely N-dealkylation sites (tertiary alicyclic amines) is 1. The number of amides is 1. The quantitative estimate of drug-likeness (QED) is 0.771. The smallest absolute Gasteiger partial charge is 0.223 e. The number of anilines is 1. The van der Waals surface area contributed by atoms with Crippen LogP contribution in [0, 0.1) is 5.21 Å². The van der Waals surface area contributed by atoms with Crippen molar-refractivity contribution in [2.75, 3.05) is 18.9 Å². The van der Waals surface area contributed by atoms with E-state index in [1.165, 1.54) is 6.07 Å². The number of methoxy groups -OCH3 is 1. The van der Waals surface area contributed by atoms with Gasteiger partial charge in [-0.15, -0.1) is 0 Å². The normalized spacial score (nSPS) is 16.8. The number of hydrogen-bond acceptors (Lipinski definition) is 6. The van der Waals surface area contributed by atoms with Crippen molar-refractivity contribution in [1.29, 1.82) is 0 Å². The Hall–Kier alpha value is -2.61. The Balaban J connectivity index is 1.94. The number of rotatable bonds is 6. The van der Waals surface area contributed by atoms with Crippen LogP contribution in [0.3, 0.4) is 0 Å². The van der Waals surface area contributed by atoms with Crippen LogP contribution in [0.4, 0.5) is 5.69 Å². The first-order valence-corrected chi connectivity index (χ1v) is 8.46. The molecular weight excluding hydrogens is 334 g/mol. The molecule has 7 nitrogen and oxygen atoms in total. The summed E-state index contributed by atoms with van der Waals surface area (Å²) in [7, 11) is 1.57. The van der Waals surface area contributed by atoms with E-state index in [4.69, 9.17) is 15.7 Å². The number of benzene rings is 2. The van der Waals surface area contributed by atoms with Crippen LogP contribution in [0.1, 0.15) is 18.4 Å². The summed E-state index contributed by atoms with van der Waals surface area (Å²) in [5.41, 5.74) is 8.38. The van der Waals surface area contributed by atoms with Gasteiger partial charge in [-0.25, -0.2) is 0 Å². The van der Waals surface area contributed by atoms with E-state index in [0.717, 1.165) is 23.1 Å². The summed E-state index contributed by atoms with van der Waals surface area (Å²) in [4.78, 5) is 13.9. The highest BCUT2D eigenvalue weighted by atomic mass is 16.8. The third-order valence-electron chi connectivity index (χ3n) is 4.72. The van der Waals surface area contributed by atoms with Crippen LogP contribution in [-0.2, 0) is 11.3 Å². The molecule has 1 heterocycles. The third kappa shape index (κ3) is 3.65. The Morgan fingerprint density at radius 1 is 1.35 bits per heavy atom. The van der Waals surface area contributed by atoms with Gasteiger partial charge >= 0.3 is 0 Å². The fourth-order valence-electron chi connectivity index (χ4n) is 3.32. The SMILES string of the molecule is COc1ccc(CN2C(=O)CCC2CN)cc1-c1cccc(N([O-])O)c1. The Morgan fingerprint density at radius 3 is 2.85 bits per heavy atom. The number of nitrogens with zero attached hydrogens (tertiary/aromatic N) is 2. The zero-order valence-corrected chi connectivity index (χ0v) is 14.6. The van der Waals surface area contributed by atoms with Crippen molar-refractivity contribution < 1.29 is 14.7 Å². The molecule has 3 N–H and O–H groups in total. The van der Waals surface area contributed by atoms with E-state index in [0.29, 0.717) is 25.3 Å². The monoisotopic (exact) mass is 356 g/mol. The Bertz CT molecular complexity index is 794. The van der Waals surface area contributed by atoms with Crippen LogP contribution < -0.4 is 15.7 Å². The van der Waals surface area contributed by atoms with Crippen LogP contribution in [0.15, 0.2) is 42.5 Å². The molecule has 0 bridgehead atoms. The van der Waals surface area contributed by atoms with E-state index in [1.54, 1.807) is 19.2 Å². The Kier molecular flexibility index (Phi) is 5.41. The average Bonchev–Trinajstić information content (AvgIpc) is 3.01. The number of hydrogen-bond donors (Lipinski definition) is 2. The van der Waals surface area contributed by atoms with Crippen molar-refractivity contribution in [3.63, 3.8) is 0 Å². The highest BCUT2D eigenvalue weighted by Gasteiger charge is 2.29. The molecule has 1 aliphatic heterocycles. The van der Waals surface area contributed by atoms with E-state index in [2.05, 4.69) is 0 Å². The van der Waals surface area contributed by atoms with E-state index in [1.807, 2.05) is 29.2 Å². The van der Waals surface area contributed by atoms with Gasteiger partial charge in [0.05, 0.1) is 12.8 Å². The largest absolute Gasteiger partial charge is 0.733 e. The molecule has 1 atom stereocenters. The van der Waals surface area contributed by atoms with Crippen LogP contribution in [0.5, 0.6) is 5.75 Å².